The summed E-state index contributed by atoms with van der Waals surface area (Å²) in [4.78, 5) is 29.7. The van der Waals surface area contributed by atoms with Gasteiger partial charge in [-0.05, 0) is 17.9 Å². The van der Waals surface area contributed by atoms with E-state index < -0.39 is 5.41 Å². The van der Waals surface area contributed by atoms with Gasteiger partial charge in [-0.25, -0.2) is 4.99 Å². The third-order valence-electron chi connectivity index (χ3n) is 3.52. The van der Waals surface area contributed by atoms with Crippen LogP contribution in [0.1, 0.15) is 40.5 Å². The molecule has 2 amide bonds. The summed E-state index contributed by atoms with van der Waals surface area (Å²) in [5, 5.41) is 0. The molecule has 0 aromatic heterocycles. The maximum absolute atomic E-state index is 12.9. The lowest BCUT2D eigenvalue weighted by molar-refractivity contribution is -0.136. The quantitative estimate of drug-likeness (QED) is 0.819. The molecule has 0 bridgehead atoms. The highest BCUT2D eigenvalue weighted by atomic mass is 16.2. The van der Waals surface area contributed by atoms with Crippen LogP contribution < -0.4 is 5.73 Å². The Hall–Kier alpha value is -2.17. The summed E-state index contributed by atoms with van der Waals surface area (Å²) in [7, 11) is 0. The van der Waals surface area contributed by atoms with Gasteiger partial charge in [-0.3, -0.25) is 14.5 Å². The van der Waals surface area contributed by atoms with E-state index in [9.17, 15) is 9.59 Å². The summed E-state index contributed by atoms with van der Waals surface area (Å²) >= 11 is 0. The Kier molecular flexibility index (Phi) is 5.12. The minimum atomic E-state index is -0.671. The molecule has 1 aliphatic heterocycles. The average Bonchev–Trinajstić information content (AvgIpc) is 2.67. The lowest BCUT2D eigenvalue weighted by Gasteiger charge is -2.35. The molecule has 0 aromatic carbocycles. The summed E-state index contributed by atoms with van der Waals surface area (Å²) in [6.07, 6.45) is 5.55. The number of hydrogen-bond acceptors (Lipinski definition) is 3. The fourth-order valence-electron chi connectivity index (χ4n) is 2.99. The van der Waals surface area contributed by atoms with Crippen molar-refractivity contribution in [2.45, 2.75) is 40.5 Å². The number of carbonyl (C=O) groups excluding carboxylic acids is 2. The van der Waals surface area contributed by atoms with E-state index in [0.717, 1.165) is 0 Å². The Bertz CT molecular complexity index is 568. The van der Waals surface area contributed by atoms with Crippen LogP contribution in [0.25, 0.3) is 0 Å². The molecule has 0 unspecified atom stereocenters. The molecule has 2 N–H and O–H groups in total. The van der Waals surface area contributed by atoms with Crippen molar-refractivity contribution in [2.24, 2.45) is 21.6 Å². The van der Waals surface area contributed by atoms with Crippen molar-refractivity contribution in [1.29, 1.82) is 0 Å². The molecule has 120 valence electrons. The lowest BCUT2D eigenvalue weighted by atomic mass is 9.72. The fraction of sp³-hybridized carbons (Fsp3) is 0.471. The fourth-order valence-corrected chi connectivity index (χ4v) is 2.99. The number of amides is 2. The number of carbonyl (C=O) groups is 2. The normalized spacial score (nSPS) is 17.2. The van der Waals surface area contributed by atoms with Crippen LogP contribution in [0.2, 0.25) is 0 Å². The summed E-state index contributed by atoms with van der Waals surface area (Å²) in [6.45, 7) is 15.0. The van der Waals surface area contributed by atoms with Gasteiger partial charge in [-0.1, -0.05) is 40.9 Å². The van der Waals surface area contributed by atoms with Gasteiger partial charge < -0.3 is 5.73 Å². The summed E-state index contributed by atoms with van der Waals surface area (Å²) in [5.41, 5.74) is 4.92. The molecule has 0 atom stereocenters. The van der Waals surface area contributed by atoms with E-state index in [4.69, 9.17) is 5.73 Å². The molecule has 0 spiro atoms. The molecule has 5 nitrogen and oxygen atoms in total. The molecule has 0 fully saturated rings. The first-order valence-corrected chi connectivity index (χ1v) is 7.18. The van der Waals surface area contributed by atoms with Crippen molar-refractivity contribution in [3.63, 3.8) is 0 Å². The number of amidine groups is 1. The van der Waals surface area contributed by atoms with Gasteiger partial charge in [0.2, 0.25) is 11.8 Å². The summed E-state index contributed by atoms with van der Waals surface area (Å²) in [6, 6.07) is 0. The van der Waals surface area contributed by atoms with Crippen LogP contribution in [0.4, 0.5) is 0 Å². The van der Waals surface area contributed by atoms with Gasteiger partial charge in [0.15, 0.2) is 0 Å². The van der Waals surface area contributed by atoms with E-state index in [1.165, 1.54) is 11.1 Å². The molecule has 0 saturated carbocycles. The van der Waals surface area contributed by atoms with Gasteiger partial charge in [0.1, 0.15) is 5.84 Å². The molecule has 0 aromatic rings. The number of nitrogens with zero attached hydrogens (tertiary/aromatic N) is 2. The van der Waals surface area contributed by atoms with Crippen molar-refractivity contribution in [3.8, 4) is 0 Å². The van der Waals surface area contributed by atoms with Crippen molar-refractivity contribution < 1.29 is 9.59 Å². The van der Waals surface area contributed by atoms with Crippen LogP contribution in [0.5, 0.6) is 0 Å². The third kappa shape index (κ3) is 4.16. The monoisotopic (exact) mass is 303 g/mol. The van der Waals surface area contributed by atoms with E-state index in [1.807, 2.05) is 27.7 Å². The van der Waals surface area contributed by atoms with Gasteiger partial charge in [-0.15, -0.1) is 0 Å². The first-order valence-electron chi connectivity index (χ1n) is 7.18. The van der Waals surface area contributed by atoms with E-state index >= 15 is 0 Å². The Labute approximate surface area is 132 Å². The van der Waals surface area contributed by atoms with Crippen LogP contribution in [0.15, 0.2) is 42.2 Å². The molecule has 1 heterocycles. The van der Waals surface area contributed by atoms with E-state index in [2.05, 4.69) is 18.2 Å². The van der Waals surface area contributed by atoms with Gasteiger partial charge in [0.25, 0.3) is 0 Å². The number of hydrogen-bond donors (Lipinski definition) is 1. The average molecular weight is 303 g/mol. The molecular formula is C17H25N3O2. The van der Waals surface area contributed by atoms with E-state index in [-0.39, 0.29) is 23.7 Å². The maximum atomic E-state index is 12.9. The van der Waals surface area contributed by atoms with Gasteiger partial charge in [0, 0.05) is 29.8 Å². The number of nitrogens with two attached hydrogens (primary N) is 1. The Balaban J connectivity index is 2.98. The van der Waals surface area contributed by atoms with Gasteiger partial charge in [0.05, 0.1) is 0 Å². The van der Waals surface area contributed by atoms with Crippen LogP contribution in [0.3, 0.4) is 0 Å². The molecule has 0 aliphatic carbocycles. The SMILES string of the molecule is C=CN=C1C(=C)C=CN1C(=O)C(C)(C)CC(C)(C)CC(N)=O. The minimum absolute atomic E-state index is 0.0967. The predicted molar refractivity (Wildman–Crippen MR) is 88.7 cm³/mol. The highest BCUT2D eigenvalue weighted by Crippen LogP contribution is 2.38. The zero-order valence-corrected chi connectivity index (χ0v) is 13.8. The van der Waals surface area contributed by atoms with Crippen LogP contribution >= 0.6 is 0 Å². The molecule has 0 saturated heterocycles. The first kappa shape index (κ1) is 17.9. The third-order valence-corrected chi connectivity index (χ3v) is 3.52. The molecule has 5 heteroatoms. The zero-order chi connectivity index (χ0) is 17.1. The highest BCUT2D eigenvalue weighted by Gasteiger charge is 2.39. The second-order valence-corrected chi connectivity index (χ2v) is 7.02. The summed E-state index contributed by atoms with van der Waals surface area (Å²) in [5.74, 6) is 0.0259. The van der Waals surface area contributed by atoms with Gasteiger partial charge >= 0.3 is 0 Å². The second-order valence-electron chi connectivity index (χ2n) is 7.02. The standard InChI is InChI=1S/C17H25N3O2/c1-7-19-14-12(2)8-9-20(14)15(22)17(5,6)11-16(3,4)10-13(18)21/h7-9H,1-2,10-11H2,3-6H3,(H2,18,21). The number of aliphatic imine (C=N–C) groups is 1. The van der Waals surface area contributed by atoms with Crippen molar-refractivity contribution in [1.82, 2.24) is 4.90 Å². The van der Waals surface area contributed by atoms with E-state index in [1.54, 1.807) is 12.3 Å². The molecule has 1 rings (SSSR count). The van der Waals surface area contributed by atoms with Gasteiger partial charge in [-0.2, -0.15) is 0 Å². The number of primary amides is 1. The highest BCUT2D eigenvalue weighted by molar-refractivity contribution is 6.13. The Morgan fingerprint density at radius 1 is 1.36 bits per heavy atom. The summed E-state index contributed by atoms with van der Waals surface area (Å²) < 4.78 is 0. The largest absolute Gasteiger partial charge is 0.370 e. The first-order chi connectivity index (χ1) is 10.00. The molecule has 0 radical (unpaired) electrons. The van der Waals surface area contributed by atoms with Crippen LogP contribution in [0, 0.1) is 10.8 Å². The zero-order valence-electron chi connectivity index (χ0n) is 13.8. The minimum Gasteiger partial charge on any atom is -0.370 e. The maximum Gasteiger partial charge on any atom is 0.237 e. The Morgan fingerprint density at radius 3 is 2.45 bits per heavy atom. The lowest BCUT2D eigenvalue weighted by Crippen LogP contribution is -2.42. The molecular weight excluding hydrogens is 278 g/mol. The van der Waals surface area contributed by atoms with Crippen molar-refractivity contribution in [2.75, 3.05) is 0 Å². The smallest absolute Gasteiger partial charge is 0.237 e. The van der Waals surface area contributed by atoms with Crippen LogP contribution in [-0.4, -0.2) is 22.5 Å². The molecule has 1 aliphatic rings. The van der Waals surface area contributed by atoms with Crippen molar-refractivity contribution >= 4 is 17.6 Å². The van der Waals surface area contributed by atoms with E-state index in [0.29, 0.717) is 17.8 Å². The second kappa shape index (κ2) is 6.30. The van der Waals surface area contributed by atoms with Crippen LogP contribution in [-0.2, 0) is 9.59 Å². The molecule has 22 heavy (non-hydrogen) atoms. The Morgan fingerprint density at radius 2 is 1.95 bits per heavy atom. The predicted octanol–water partition coefficient (Wildman–Crippen LogP) is 2.76. The van der Waals surface area contributed by atoms with Crippen molar-refractivity contribution in [3.05, 3.63) is 37.2 Å². The number of rotatable bonds is 6. The topological polar surface area (TPSA) is 75.8 Å².